The van der Waals surface area contributed by atoms with E-state index in [-0.39, 0.29) is 0 Å². The quantitative estimate of drug-likeness (QED) is 0.932. The van der Waals surface area contributed by atoms with Crippen LogP contribution in [0.25, 0.3) is 0 Å². The summed E-state index contributed by atoms with van der Waals surface area (Å²) >= 11 is 6.67. The second-order valence-electron chi connectivity index (χ2n) is 3.71. The monoisotopic (exact) mass is 317 g/mol. The summed E-state index contributed by atoms with van der Waals surface area (Å²) in [5.74, 6) is 0. The van der Waals surface area contributed by atoms with Gasteiger partial charge in [-0.05, 0) is 41.4 Å². The molecule has 2 rings (SSSR count). The first-order valence-electron chi connectivity index (χ1n) is 4.91. The van der Waals surface area contributed by atoms with Crippen LogP contribution in [0.4, 0.5) is 0 Å². The maximum atomic E-state index is 10.1. The molecule has 86 valence electrons. The summed E-state index contributed by atoms with van der Waals surface area (Å²) in [4.78, 5) is 5.35. The van der Waals surface area contributed by atoms with E-state index in [0.29, 0.717) is 6.42 Å². The summed E-state index contributed by atoms with van der Waals surface area (Å²) in [6.45, 7) is 4.00. The van der Waals surface area contributed by atoms with Gasteiger partial charge in [0.1, 0.15) is 0 Å². The predicted molar refractivity (Wildman–Crippen MR) is 72.3 cm³/mol. The molecule has 0 amide bonds. The van der Waals surface area contributed by atoms with E-state index in [1.807, 2.05) is 25.3 Å². The van der Waals surface area contributed by atoms with Crippen molar-refractivity contribution < 1.29 is 5.11 Å². The fourth-order valence-corrected chi connectivity index (χ4v) is 3.78. The smallest absolute Gasteiger partial charge is 0.0957 e. The van der Waals surface area contributed by atoms with E-state index in [2.05, 4.69) is 20.9 Å². The molecule has 5 heteroatoms. The number of aromatic nitrogens is 1. The summed E-state index contributed by atoms with van der Waals surface area (Å²) in [5.41, 5.74) is 2.20. The van der Waals surface area contributed by atoms with Crippen LogP contribution in [0.3, 0.4) is 0 Å². The van der Waals surface area contributed by atoms with Crippen molar-refractivity contribution in [2.24, 2.45) is 0 Å². The minimum Gasteiger partial charge on any atom is -0.387 e. The molecule has 1 N–H and O–H groups in total. The van der Waals surface area contributed by atoms with Crippen LogP contribution in [0, 0.1) is 13.8 Å². The Bertz CT molecular complexity index is 472. The molecule has 0 spiro atoms. The van der Waals surface area contributed by atoms with Crippen LogP contribution >= 0.6 is 38.6 Å². The standard InChI is InChI=1S/C11H12BrNOS2/c1-6-3-9(16-11(6)12)8(14)4-10-13-7(2)5-15-10/h3,5,8,14H,4H2,1-2H3. The van der Waals surface area contributed by atoms with Gasteiger partial charge in [-0.2, -0.15) is 0 Å². The van der Waals surface area contributed by atoms with Crippen molar-refractivity contribution in [1.29, 1.82) is 0 Å². The van der Waals surface area contributed by atoms with Crippen molar-refractivity contribution in [3.63, 3.8) is 0 Å². The number of aryl methyl sites for hydroxylation is 2. The lowest BCUT2D eigenvalue weighted by Gasteiger charge is -2.05. The molecule has 0 radical (unpaired) electrons. The molecule has 1 atom stereocenters. The third kappa shape index (κ3) is 2.71. The van der Waals surface area contributed by atoms with Crippen LogP contribution in [0.15, 0.2) is 15.2 Å². The molecule has 16 heavy (non-hydrogen) atoms. The molecule has 0 aromatic carbocycles. The average Bonchev–Trinajstić information content (AvgIpc) is 2.75. The van der Waals surface area contributed by atoms with E-state index in [9.17, 15) is 5.11 Å². The van der Waals surface area contributed by atoms with Crippen LogP contribution in [0.1, 0.15) is 27.2 Å². The fraction of sp³-hybridized carbons (Fsp3) is 0.364. The molecule has 2 nitrogen and oxygen atoms in total. The number of hydrogen-bond donors (Lipinski definition) is 1. The van der Waals surface area contributed by atoms with Crippen molar-refractivity contribution in [3.05, 3.63) is 36.4 Å². The van der Waals surface area contributed by atoms with Crippen LogP contribution < -0.4 is 0 Å². The van der Waals surface area contributed by atoms with Crippen molar-refractivity contribution in [1.82, 2.24) is 4.98 Å². The highest BCUT2D eigenvalue weighted by atomic mass is 79.9. The van der Waals surface area contributed by atoms with Gasteiger partial charge in [0.15, 0.2) is 0 Å². The number of halogens is 1. The van der Waals surface area contributed by atoms with Crippen LogP contribution in [0.2, 0.25) is 0 Å². The molecule has 0 aliphatic carbocycles. The lowest BCUT2D eigenvalue weighted by atomic mass is 10.2. The lowest BCUT2D eigenvalue weighted by molar-refractivity contribution is 0.182. The maximum Gasteiger partial charge on any atom is 0.0957 e. The Balaban J connectivity index is 2.11. The van der Waals surface area contributed by atoms with Gasteiger partial charge < -0.3 is 5.11 Å². The van der Waals surface area contributed by atoms with Gasteiger partial charge in [-0.25, -0.2) is 4.98 Å². The molecule has 2 heterocycles. The second-order valence-corrected chi connectivity index (χ2v) is 7.05. The van der Waals surface area contributed by atoms with Crippen molar-refractivity contribution in [2.45, 2.75) is 26.4 Å². The summed E-state index contributed by atoms with van der Waals surface area (Å²) in [6, 6.07) is 2.03. The summed E-state index contributed by atoms with van der Waals surface area (Å²) < 4.78 is 1.09. The Morgan fingerprint density at radius 1 is 1.50 bits per heavy atom. The average molecular weight is 318 g/mol. The molecular weight excluding hydrogens is 306 g/mol. The van der Waals surface area contributed by atoms with Gasteiger partial charge in [-0.1, -0.05) is 0 Å². The molecule has 0 aliphatic heterocycles. The zero-order chi connectivity index (χ0) is 11.7. The van der Waals surface area contributed by atoms with E-state index in [1.165, 1.54) is 5.56 Å². The SMILES string of the molecule is Cc1csc(CC(O)c2cc(C)c(Br)s2)n1. The first-order chi connectivity index (χ1) is 7.56. The Labute approximate surface area is 111 Å². The third-order valence-electron chi connectivity index (χ3n) is 2.24. The number of aliphatic hydroxyl groups is 1. The third-order valence-corrected chi connectivity index (χ3v) is 5.47. The molecule has 0 aliphatic rings. The van der Waals surface area contributed by atoms with Gasteiger partial charge in [0.25, 0.3) is 0 Å². The van der Waals surface area contributed by atoms with Crippen LogP contribution in [0.5, 0.6) is 0 Å². The molecule has 0 saturated heterocycles. The van der Waals surface area contributed by atoms with Crippen LogP contribution in [-0.4, -0.2) is 10.1 Å². The summed E-state index contributed by atoms with van der Waals surface area (Å²) in [6.07, 6.45) is 0.158. The number of aliphatic hydroxyl groups excluding tert-OH is 1. The molecule has 0 saturated carbocycles. The number of thiazole rings is 1. The van der Waals surface area contributed by atoms with E-state index in [0.717, 1.165) is 19.4 Å². The van der Waals surface area contributed by atoms with Gasteiger partial charge in [0, 0.05) is 22.4 Å². The molecule has 2 aromatic rings. The van der Waals surface area contributed by atoms with Gasteiger partial charge in [0.2, 0.25) is 0 Å². The Kier molecular flexibility index (Phi) is 3.79. The minimum atomic E-state index is -0.444. The molecule has 2 aromatic heterocycles. The number of hydrogen-bond acceptors (Lipinski definition) is 4. The first-order valence-corrected chi connectivity index (χ1v) is 7.40. The maximum absolute atomic E-state index is 10.1. The van der Waals surface area contributed by atoms with Gasteiger partial charge in [-0.15, -0.1) is 22.7 Å². The fourth-order valence-electron chi connectivity index (χ4n) is 1.41. The zero-order valence-electron chi connectivity index (χ0n) is 9.03. The van der Waals surface area contributed by atoms with Gasteiger partial charge >= 0.3 is 0 Å². The summed E-state index contributed by atoms with van der Waals surface area (Å²) in [5, 5.41) is 13.1. The van der Waals surface area contributed by atoms with Crippen molar-refractivity contribution in [2.75, 3.05) is 0 Å². The number of thiophene rings is 1. The minimum absolute atomic E-state index is 0.444. The Morgan fingerprint density at radius 2 is 2.25 bits per heavy atom. The summed E-state index contributed by atoms with van der Waals surface area (Å²) in [7, 11) is 0. The highest BCUT2D eigenvalue weighted by Gasteiger charge is 2.14. The Hall–Kier alpha value is -0.230. The van der Waals surface area contributed by atoms with Crippen molar-refractivity contribution in [3.8, 4) is 0 Å². The lowest BCUT2D eigenvalue weighted by Crippen LogP contribution is -1.99. The molecule has 0 bridgehead atoms. The first kappa shape index (κ1) is 12.2. The van der Waals surface area contributed by atoms with Gasteiger partial charge in [0.05, 0.1) is 14.9 Å². The van der Waals surface area contributed by atoms with Crippen LogP contribution in [-0.2, 0) is 6.42 Å². The van der Waals surface area contributed by atoms with Crippen molar-refractivity contribution >= 4 is 38.6 Å². The van der Waals surface area contributed by atoms with Gasteiger partial charge in [-0.3, -0.25) is 0 Å². The topological polar surface area (TPSA) is 33.1 Å². The molecular formula is C11H12BrNOS2. The number of rotatable bonds is 3. The Morgan fingerprint density at radius 3 is 2.75 bits per heavy atom. The predicted octanol–water partition coefficient (Wildman–Crippen LogP) is 3.86. The molecule has 0 fully saturated rings. The zero-order valence-corrected chi connectivity index (χ0v) is 12.2. The highest BCUT2D eigenvalue weighted by Crippen LogP contribution is 2.33. The van der Waals surface area contributed by atoms with E-state index in [1.54, 1.807) is 22.7 Å². The largest absolute Gasteiger partial charge is 0.387 e. The number of nitrogens with zero attached hydrogens (tertiary/aromatic N) is 1. The highest BCUT2D eigenvalue weighted by molar-refractivity contribution is 9.11. The molecule has 1 unspecified atom stereocenters. The second kappa shape index (κ2) is 4.96. The van der Waals surface area contributed by atoms with E-state index in [4.69, 9.17) is 0 Å². The van der Waals surface area contributed by atoms with E-state index >= 15 is 0 Å². The normalized spacial score (nSPS) is 13.0. The van der Waals surface area contributed by atoms with E-state index < -0.39 is 6.10 Å².